The van der Waals surface area contributed by atoms with Crippen molar-refractivity contribution in [2.75, 3.05) is 0 Å². The molecule has 0 aliphatic carbocycles. The van der Waals surface area contributed by atoms with Crippen LogP contribution in [0.3, 0.4) is 0 Å². The molecule has 0 spiro atoms. The molecule has 2 rings (SSSR count). The highest BCUT2D eigenvalue weighted by molar-refractivity contribution is 5.96. The number of carbonyl (C=O) groups is 1. The van der Waals surface area contributed by atoms with Gasteiger partial charge in [-0.25, -0.2) is 0 Å². The SMILES string of the molecule is CCc1ccc(Cn2nc(C)c(C(C)=O)c2C)cc1. The van der Waals surface area contributed by atoms with Crippen molar-refractivity contribution in [1.29, 1.82) is 0 Å². The smallest absolute Gasteiger partial charge is 0.163 e. The monoisotopic (exact) mass is 256 g/mol. The normalized spacial score (nSPS) is 10.7. The molecule has 1 aromatic heterocycles. The average Bonchev–Trinajstić information content (AvgIpc) is 2.65. The van der Waals surface area contributed by atoms with Gasteiger partial charge in [-0.2, -0.15) is 5.10 Å². The Morgan fingerprint density at radius 1 is 1.16 bits per heavy atom. The third kappa shape index (κ3) is 2.75. The zero-order valence-electron chi connectivity index (χ0n) is 12.0. The van der Waals surface area contributed by atoms with Gasteiger partial charge in [-0.05, 0) is 38.3 Å². The minimum absolute atomic E-state index is 0.0857. The maximum Gasteiger partial charge on any atom is 0.163 e. The summed E-state index contributed by atoms with van der Waals surface area (Å²) in [5, 5.41) is 4.47. The van der Waals surface area contributed by atoms with E-state index in [2.05, 4.69) is 36.3 Å². The summed E-state index contributed by atoms with van der Waals surface area (Å²) < 4.78 is 1.91. The molecule has 100 valence electrons. The molecule has 0 saturated heterocycles. The first kappa shape index (κ1) is 13.5. The summed E-state index contributed by atoms with van der Waals surface area (Å²) in [4.78, 5) is 11.6. The number of aryl methyl sites for hydroxylation is 2. The second-order valence-corrected chi connectivity index (χ2v) is 4.93. The van der Waals surface area contributed by atoms with E-state index in [4.69, 9.17) is 0 Å². The van der Waals surface area contributed by atoms with E-state index in [9.17, 15) is 4.79 Å². The van der Waals surface area contributed by atoms with E-state index in [1.807, 2.05) is 18.5 Å². The number of ketones is 1. The lowest BCUT2D eigenvalue weighted by molar-refractivity contribution is 0.101. The fourth-order valence-corrected chi connectivity index (χ4v) is 2.41. The van der Waals surface area contributed by atoms with E-state index >= 15 is 0 Å². The lowest BCUT2D eigenvalue weighted by Crippen LogP contribution is -2.05. The van der Waals surface area contributed by atoms with Gasteiger partial charge in [0.15, 0.2) is 5.78 Å². The molecule has 0 saturated carbocycles. The summed E-state index contributed by atoms with van der Waals surface area (Å²) in [7, 11) is 0. The first-order valence-corrected chi connectivity index (χ1v) is 6.65. The lowest BCUT2D eigenvalue weighted by Gasteiger charge is -2.06. The van der Waals surface area contributed by atoms with Crippen molar-refractivity contribution in [2.45, 2.75) is 40.7 Å². The minimum atomic E-state index is 0.0857. The van der Waals surface area contributed by atoms with Gasteiger partial charge in [0.05, 0.1) is 17.8 Å². The highest BCUT2D eigenvalue weighted by atomic mass is 16.1. The fraction of sp³-hybridized carbons (Fsp3) is 0.375. The first-order chi connectivity index (χ1) is 9.02. The van der Waals surface area contributed by atoms with Gasteiger partial charge in [-0.15, -0.1) is 0 Å². The van der Waals surface area contributed by atoms with Crippen LogP contribution in [0.5, 0.6) is 0 Å². The van der Waals surface area contributed by atoms with Gasteiger partial charge in [0.2, 0.25) is 0 Å². The molecular weight excluding hydrogens is 236 g/mol. The van der Waals surface area contributed by atoms with Crippen molar-refractivity contribution >= 4 is 5.78 Å². The Balaban J connectivity index is 2.28. The Labute approximate surface area is 114 Å². The lowest BCUT2D eigenvalue weighted by atomic mass is 10.1. The van der Waals surface area contributed by atoms with Crippen molar-refractivity contribution in [1.82, 2.24) is 9.78 Å². The zero-order valence-corrected chi connectivity index (χ0v) is 12.0. The van der Waals surface area contributed by atoms with Crippen molar-refractivity contribution < 1.29 is 4.79 Å². The Kier molecular flexibility index (Phi) is 3.84. The van der Waals surface area contributed by atoms with Crippen LogP contribution >= 0.6 is 0 Å². The molecule has 0 amide bonds. The number of benzene rings is 1. The van der Waals surface area contributed by atoms with E-state index in [1.54, 1.807) is 6.92 Å². The van der Waals surface area contributed by atoms with E-state index in [1.165, 1.54) is 11.1 Å². The summed E-state index contributed by atoms with van der Waals surface area (Å²) in [6.07, 6.45) is 1.05. The van der Waals surface area contributed by atoms with E-state index in [0.717, 1.165) is 23.4 Å². The van der Waals surface area contributed by atoms with Crippen LogP contribution in [0.4, 0.5) is 0 Å². The summed E-state index contributed by atoms with van der Waals surface area (Å²) in [5.41, 5.74) is 5.06. The zero-order chi connectivity index (χ0) is 14.0. The van der Waals surface area contributed by atoms with Crippen molar-refractivity contribution in [3.05, 3.63) is 52.3 Å². The van der Waals surface area contributed by atoms with E-state index in [-0.39, 0.29) is 5.78 Å². The van der Waals surface area contributed by atoms with Crippen molar-refractivity contribution in [3.8, 4) is 0 Å². The quantitative estimate of drug-likeness (QED) is 0.787. The topological polar surface area (TPSA) is 34.9 Å². The molecule has 1 heterocycles. The third-order valence-corrected chi connectivity index (χ3v) is 3.50. The average molecular weight is 256 g/mol. The van der Waals surface area contributed by atoms with Crippen LogP contribution in [0.1, 0.15) is 46.7 Å². The molecule has 0 bridgehead atoms. The fourth-order valence-electron chi connectivity index (χ4n) is 2.41. The summed E-state index contributed by atoms with van der Waals surface area (Å²) in [6.45, 7) is 8.30. The molecule has 0 atom stereocenters. The van der Waals surface area contributed by atoms with Crippen LogP contribution in [0, 0.1) is 13.8 Å². The van der Waals surface area contributed by atoms with Crippen LogP contribution in [0.25, 0.3) is 0 Å². The number of rotatable bonds is 4. The van der Waals surface area contributed by atoms with Crippen LogP contribution in [0.15, 0.2) is 24.3 Å². The molecule has 19 heavy (non-hydrogen) atoms. The molecule has 0 fully saturated rings. The maximum absolute atomic E-state index is 11.6. The molecule has 0 aliphatic heterocycles. The highest BCUT2D eigenvalue weighted by Crippen LogP contribution is 2.15. The van der Waals surface area contributed by atoms with Crippen molar-refractivity contribution in [2.24, 2.45) is 0 Å². The Bertz CT molecular complexity index is 594. The second kappa shape index (κ2) is 5.39. The predicted octanol–water partition coefficient (Wildman–Crippen LogP) is 3.31. The number of hydrogen-bond acceptors (Lipinski definition) is 2. The number of hydrogen-bond donors (Lipinski definition) is 0. The summed E-state index contributed by atoms with van der Waals surface area (Å²) >= 11 is 0. The van der Waals surface area contributed by atoms with Crippen LogP contribution in [-0.4, -0.2) is 15.6 Å². The summed E-state index contributed by atoms with van der Waals surface area (Å²) in [6, 6.07) is 8.55. The number of carbonyl (C=O) groups excluding carboxylic acids is 1. The molecule has 0 aliphatic rings. The maximum atomic E-state index is 11.6. The molecule has 3 nitrogen and oxygen atoms in total. The Morgan fingerprint density at radius 3 is 2.21 bits per heavy atom. The molecular formula is C16H20N2O. The van der Waals surface area contributed by atoms with Crippen molar-refractivity contribution in [3.63, 3.8) is 0 Å². The minimum Gasteiger partial charge on any atom is -0.294 e. The molecule has 3 heteroatoms. The van der Waals surface area contributed by atoms with Gasteiger partial charge in [-0.1, -0.05) is 31.2 Å². The largest absolute Gasteiger partial charge is 0.294 e. The van der Waals surface area contributed by atoms with Crippen LogP contribution in [0.2, 0.25) is 0 Å². The molecule has 2 aromatic rings. The number of aromatic nitrogens is 2. The Hall–Kier alpha value is -1.90. The van der Waals surface area contributed by atoms with Gasteiger partial charge in [0, 0.05) is 5.69 Å². The molecule has 0 N–H and O–H groups in total. The van der Waals surface area contributed by atoms with Gasteiger partial charge in [-0.3, -0.25) is 9.48 Å². The van der Waals surface area contributed by atoms with E-state index < -0.39 is 0 Å². The highest BCUT2D eigenvalue weighted by Gasteiger charge is 2.15. The second-order valence-electron chi connectivity index (χ2n) is 4.93. The van der Waals surface area contributed by atoms with Crippen LogP contribution in [-0.2, 0) is 13.0 Å². The van der Waals surface area contributed by atoms with Crippen LogP contribution < -0.4 is 0 Å². The Morgan fingerprint density at radius 2 is 1.74 bits per heavy atom. The molecule has 1 aromatic carbocycles. The van der Waals surface area contributed by atoms with Gasteiger partial charge < -0.3 is 0 Å². The van der Waals surface area contributed by atoms with E-state index in [0.29, 0.717) is 6.54 Å². The summed E-state index contributed by atoms with van der Waals surface area (Å²) in [5.74, 6) is 0.0857. The third-order valence-electron chi connectivity index (χ3n) is 3.50. The predicted molar refractivity (Wildman–Crippen MR) is 76.6 cm³/mol. The number of nitrogens with zero attached hydrogens (tertiary/aromatic N) is 2. The molecule has 0 unspecified atom stereocenters. The first-order valence-electron chi connectivity index (χ1n) is 6.65. The van der Waals surface area contributed by atoms with Gasteiger partial charge in [0.1, 0.15) is 0 Å². The standard InChI is InChI=1S/C16H20N2O/c1-5-14-6-8-15(9-7-14)10-18-12(3)16(13(4)19)11(2)17-18/h6-9H,5,10H2,1-4H3. The van der Waals surface area contributed by atoms with Gasteiger partial charge >= 0.3 is 0 Å². The van der Waals surface area contributed by atoms with Gasteiger partial charge in [0.25, 0.3) is 0 Å². The number of Topliss-reactive ketones (excluding diaryl/α,β-unsaturated/α-hetero) is 1. The molecule has 0 radical (unpaired) electrons.